The van der Waals surface area contributed by atoms with Crippen molar-refractivity contribution in [2.24, 2.45) is 0 Å². The zero-order valence-electron chi connectivity index (χ0n) is 7.25. The molecule has 0 aromatic rings. The van der Waals surface area contributed by atoms with Crippen molar-refractivity contribution >= 4 is 22.8 Å². The molecule has 0 rings (SSSR count). The Bertz CT molecular complexity index is 170. The summed E-state index contributed by atoms with van der Waals surface area (Å²) in [7, 11) is 0. The van der Waals surface area contributed by atoms with E-state index in [1.165, 1.54) is 0 Å². The summed E-state index contributed by atoms with van der Waals surface area (Å²) in [5.41, 5.74) is 0. The lowest BCUT2D eigenvalue weighted by molar-refractivity contribution is -0.484. The van der Waals surface area contributed by atoms with Crippen molar-refractivity contribution in [1.82, 2.24) is 0 Å². The van der Waals surface area contributed by atoms with Crippen LogP contribution in [0.1, 0.15) is 26.2 Å². The molecule has 0 spiro atoms. The van der Waals surface area contributed by atoms with Gasteiger partial charge in [-0.05, 0) is 23.1 Å². The molecule has 76 valence electrons. The highest BCUT2D eigenvalue weighted by Gasteiger charge is 2.13. The Kier molecular flexibility index (Phi) is 7.57. The Morgan fingerprint density at radius 1 is 1.31 bits per heavy atom. The lowest BCUT2D eigenvalue weighted by atomic mass is 10.3. The molecule has 0 radical (unpaired) electrons. The molecule has 0 N–H and O–H groups in total. The molecular weight excluding hydrogens is 200 g/mol. The van der Waals surface area contributed by atoms with E-state index in [9.17, 15) is 9.59 Å². The van der Waals surface area contributed by atoms with E-state index < -0.39 is 11.2 Å². The van der Waals surface area contributed by atoms with Crippen molar-refractivity contribution in [3.8, 4) is 0 Å². The fraction of sp³-hybridized carbons (Fsp3) is 0.714. The summed E-state index contributed by atoms with van der Waals surface area (Å²) in [6.07, 6.45) is 2.83. The van der Waals surface area contributed by atoms with Crippen LogP contribution in [0.4, 0.5) is 0 Å². The van der Waals surface area contributed by atoms with Crippen molar-refractivity contribution < 1.29 is 24.4 Å². The van der Waals surface area contributed by atoms with Gasteiger partial charge in [0.1, 0.15) is 0 Å². The van der Waals surface area contributed by atoms with Crippen LogP contribution < -0.4 is 0 Å². The summed E-state index contributed by atoms with van der Waals surface area (Å²) in [5, 5.41) is 2.70. The van der Waals surface area contributed by atoms with E-state index in [0.717, 1.165) is 19.3 Å². The maximum absolute atomic E-state index is 10.3. The second-order valence-corrected chi connectivity index (χ2v) is 2.58. The van der Waals surface area contributed by atoms with E-state index in [2.05, 4.69) is 14.8 Å². The molecule has 0 aliphatic rings. The molecular formula is C7H11ClO5. The van der Waals surface area contributed by atoms with Gasteiger partial charge in [0.15, 0.2) is 0 Å². The average molecular weight is 211 g/mol. The van der Waals surface area contributed by atoms with Gasteiger partial charge in [-0.25, -0.2) is 4.79 Å². The number of carbonyl (C=O) groups is 2. The topological polar surface area (TPSA) is 61.8 Å². The van der Waals surface area contributed by atoms with E-state index in [1.807, 2.05) is 6.92 Å². The number of hydrogen-bond acceptors (Lipinski definition) is 5. The molecule has 5 nitrogen and oxygen atoms in total. The predicted molar refractivity (Wildman–Crippen MR) is 43.5 cm³/mol. The first-order valence-corrected chi connectivity index (χ1v) is 4.26. The van der Waals surface area contributed by atoms with E-state index in [1.54, 1.807) is 0 Å². The number of halogens is 1. The summed E-state index contributed by atoms with van der Waals surface area (Å²) in [4.78, 5) is 28.6. The van der Waals surface area contributed by atoms with Crippen LogP contribution in [-0.4, -0.2) is 17.8 Å². The second kappa shape index (κ2) is 7.97. The number of unbranched alkanes of at least 4 members (excludes halogenated alkanes) is 2. The maximum atomic E-state index is 10.3. The van der Waals surface area contributed by atoms with Crippen LogP contribution in [0, 0.1) is 0 Å². The van der Waals surface area contributed by atoms with E-state index in [0.29, 0.717) is 6.61 Å². The zero-order chi connectivity index (χ0) is 10.1. The molecule has 0 amide bonds. The lowest BCUT2D eigenvalue weighted by Gasteiger charge is -1.99. The SMILES string of the molecule is CCCCCOOOC(=O)C(=O)Cl. The molecule has 0 fully saturated rings. The van der Waals surface area contributed by atoms with Crippen molar-refractivity contribution in [2.45, 2.75) is 26.2 Å². The maximum Gasteiger partial charge on any atom is 0.427 e. The highest BCUT2D eigenvalue weighted by atomic mass is 35.5. The fourth-order valence-electron chi connectivity index (χ4n) is 0.533. The average Bonchev–Trinajstić information content (AvgIpc) is 2.10. The standard InChI is InChI=1S/C7H11ClO5/c1-2-3-4-5-11-13-12-7(10)6(8)9/h2-5H2,1H3. The van der Waals surface area contributed by atoms with Crippen molar-refractivity contribution in [3.05, 3.63) is 0 Å². The monoisotopic (exact) mass is 210 g/mol. The summed E-state index contributed by atoms with van der Waals surface area (Å²) < 4.78 is 0. The zero-order valence-corrected chi connectivity index (χ0v) is 8.00. The first-order valence-electron chi connectivity index (χ1n) is 3.88. The highest BCUT2D eigenvalue weighted by molar-refractivity contribution is 6.80. The predicted octanol–water partition coefficient (Wildman–Crippen LogP) is 1.35. The fourth-order valence-corrected chi connectivity index (χ4v) is 0.564. The van der Waals surface area contributed by atoms with Crippen LogP contribution in [0.25, 0.3) is 0 Å². The van der Waals surface area contributed by atoms with Crippen LogP contribution in [-0.2, 0) is 24.4 Å². The molecule has 0 atom stereocenters. The van der Waals surface area contributed by atoms with E-state index in [-0.39, 0.29) is 0 Å². The molecule has 0 aliphatic carbocycles. The van der Waals surface area contributed by atoms with Crippen molar-refractivity contribution in [3.63, 3.8) is 0 Å². The van der Waals surface area contributed by atoms with Crippen molar-refractivity contribution in [1.29, 1.82) is 0 Å². The van der Waals surface area contributed by atoms with Crippen LogP contribution in [0.3, 0.4) is 0 Å². The molecule has 0 unspecified atom stereocenters. The van der Waals surface area contributed by atoms with E-state index >= 15 is 0 Å². The summed E-state index contributed by atoms with van der Waals surface area (Å²) in [6, 6.07) is 0. The van der Waals surface area contributed by atoms with Gasteiger partial charge < -0.3 is 0 Å². The summed E-state index contributed by atoms with van der Waals surface area (Å²) in [6.45, 7) is 2.34. The van der Waals surface area contributed by atoms with Gasteiger partial charge in [0.2, 0.25) is 0 Å². The van der Waals surface area contributed by atoms with Crippen LogP contribution in [0.5, 0.6) is 0 Å². The minimum Gasteiger partial charge on any atom is -0.268 e. The lowest BCUT2D eigenvalue weighted by Crippen LogP contribution is -2.12. The Morgan fingerprint density at radius 3 is 2.54 bits per heavy atom. The second-order valence-electron chi connectivity index (χ2n) is 2.24. The third-order valence-electron chi connectivity index (χ3n) is 1.15. The van der Waals surface area contributed by atoms with Gasteiger partial charge in [0.05, 0.1) is 6.61 Å². The third kappa shape index (κ3) is 7.70. The van der Waals surface area contributed by atoms with E-state index in [4.69, 9.17) is 11.6 Å². The Morgan fingerprint density at radius 2 is 2.00 bits per heavy atom. The highest BCUT2D eigenvalue weighted by Crippen LogP contribution is 1.95. The Balaban J connectivity index is 3.16. The van der Waals surface area contributed by atoms with Crippen LogP contribution in [0.15, 0.2) is 0 Å². The number of carbonyl (C=O) groups excluding carboxylic acids is 2. The normalized spacial score (nSPS) is 9.69. The van der Waals surface area contributed by atoms with Gasteiger partial charge in [0, 0.05) is 0 Å². The quantitative estimate of drug-likeness (QED) is 0.209. The Labute approximate surface area is 80.8 Å². The molecule has 0 saturated carbocycles. The molecule has 0 aromatic heterocycles. The molecule has 0 aromatic carbocycles. The first kappa shape index (κ1) is 12.3. The van der Waals surface area contributed by atoms with Gasteiger partial charge in [-0.3, -0.25) is 9.68 Å². The molecule has 6 heteroatoms. The molecule has 0 saturated heterocycles. The molecule has 0 bridgehead atoms. The third-order valence-corrected chi connectivity index (χ3v) is 1.30. The number of rotatable bonds is 7. The smallest absolute Gasteiger partial charge is 0.268 e. The summed E-state index contributed by atoms with van der Waals surface area (Å²) in [5.74, 6) is -1.29. The molecule has 0 aliphatic heterocycles. The minimum absolute atomic E-state index is 0.303. The van der Waals surface area contributed by atoms with Crippen LogP contribution in [0.2, 0.25) is 0 Å². The Hall–Kier alpha value is -0.650. The largest absolute Gasteiger partial charge is 0.427 e. The summed E-state index contributed by atoms with van der Waals surface area (Å²) >= 11 is 4.74. The van der Waals surface area contributed by atoms with Gasteiger partial charge >= 0.3 is 11.2 Å². The van der Waals surface area contributed by atoms with Gasteiger partial charge in [-0.15, -0.1) is 0 Å². The van der Waals surface area contributed by atoms with Crippen molar-refractivity contribution in [2.75, 3.05) is 6.61 Å². The van der Waals surface area contributed by atoms with Gasteiger partial charge in [0.25, 0.3) is 0 Å². The molecule has 13 heavy (non-hydrogen) atoms. The molecule has 0 heterocycles. The van der Waals surface area contributed by atoms with Gasteiger partial charge in [-0.1, -0.05) is 19.8 Å². The van der Waals surface area contributed by atoms with Crippen LogP contribution >= 0.6 is 11.6 Å². The van der Waals surface area contributed by atoms with Gasteiger partial charge in [-0.2, -0.15) is 4.89 Å². The number of hydrogen-bond donors (Lipinski definition) is 0. The first-order chi connectivity index (χ1) is 6.18. The minimum atomic E-state index is -1.29.